The number of rotatable bonds is 3. The highest BCUT2D eigenvalue weighted by Crippen LogP contribution is 1.87. The third-order valence-corrected chi connectivity index (χ3v) is 1.21. The molecular formula is C7H15NO. The van der Waals surface area contributed by atoms with Crippen molar-refractivity contribution in [3.05, 3.63) is 5.21 Å². The van der Waals surface area contributed by atoms with Gasteiger partial charge in [0.05, 0.1) is 0 Å². The lowest BCUT2D eigenvalue weighted by atomic mass is 10.3. The molecule has 9 heavy (non-hydrogen) atoms. The topological polar surface area (TPSA) is 26.1 Å². The Bertz CT molecular complexity index is 103. The maximum Gasteiger partial charge on any atom is 0.157 e. The predicted octanol–water partition coefficient (Wildman–Crippen LogP) is 1.78. The Hall–Kier alpha value is -0.530. The van der Waals surface area contributed by atoms with Gasteiger partial charge in [-0.05, 0) is 0 Å². The van der Waals surface area contributed by atoms with Crippen LogP contribution in [-0.2, 0) is 0 Å². The minimum atomic E-state index is 0.652. The normalized spacial score (nSPS) is 9.22. The maximum atomic E-state index is 10.8. The van der Waals surface area contributed by atoms with Gasteiger partial charge in [-0.2, -0.15) is 0 Å². The number of hydrogen-bond donors (Lipinski definition) is 0. The Labute approximate surface area is 56.8 Å². The van der Waals surface area contributed by atoms with E-state index in [2.05, 4.69) is 6.92 Å². The summed E-state index contributed by atoms with van der Waals surface area (Å²) in [5.41, 5.74) is 0.850. The summed E-state index contributed by atoms with van der Waals surface area (Å²) in [6.07, 6.45) is 2.08. The van der Waals surface area contributed by atoms with Gasteiger partial charge in [0.25, 0.3) is 0 Å². The second-order valence-corrected chi connectivity index (χ2v) is 2.40. The second kappa shape index (κ2) is 4.36. The highest BCUT2D eigenvalue weighted by atomic mass is 16.5. The number of hydrogen-bond acceptors (Lipinski definition) is 1. The number of hydroxylamine groups is 1. The largest absolute Gasteiger partial charge is 0.624 e. The minimum absolute atomic E-state index is 0.652. The summed E-state index contributed by atoms with van der Waals surface area (Å²) in [7, 11) is 0. The fourth-order valence-corrected chi connectivity index (χ4v) is 0.525. The fraction of sp³-hybridized carbons (Fsp3) is 0.857. The molecule has 0 spiro atoms. The molecule has 0 aromatic heterocycles. The molecule has 0 saturated heterocycles. The van der Waals surface area contributed by atoms with E-state index in [1.807, 2.05) is 13.8 Å². The van der Waals surface area contributed by atoms with Crippen LogP contribution in [-0.4, -0.2) is 17.0 Å². The van der Waals surface area contributed by atoms with E-state index in [4.69, 9.17) is 0 Å². The summed E-state index contributed by atoms with van der Waals surface area (Å²) in [6, 6.07) is 0. The van der Waals surface area contributed by atoms with E-state index in [9.17, 15) is 5.21 Å². The first-order valence-corrected chi connectivity index (χ1v) is 3.43. The molecule has 0 aromatic carbocycles. The second-order valence-electron chi connectivity index (χ2n) is 2.40. The van der Waals surface area contributed by atoms with Crippen LogP contribution >= 0.6 is 0 Å². The van der Waals surface area contributed by atoms with Gasteiger partial charge in [-0.15, -0.1) is 0 Å². The molecule has 0 rings (SSSR count). The van der Waals surface area contributed by atoms with E-state index in [0.29, 0.717) is 6.54 Å². The zero-order valence-corrected chi connectivity index (χ0v) is 6.48. The molecule has 0 radical (unpaired) electrons. The van der Waals surface area contributed by atoms with Gasteiger partial charge in [0.1, 0.15) is 0 Å². The van der Waals surface area contributed by atoms with E-state index in [1.165, 1.54) is 0 Å². The van der Waals surface area contributed by atoms with Crippen LogP contribution in [0.2, 0.25) is 0 Å². The Morgan fingerprint density at radius 2 is 2.00 bits per heavy atom. The van der Waals surface area contributed by atoms with E-state index in [0.717, 1.165) is 23.3 Å². The molecule has 0 aliphatic heterocycles. The molecule has 0 bridgehead atoms. The third-order valence-electron chi connectivity index (χ3n) is 1.21. The van der Waals surface area contributed by atoms with Crippen molar-refractivity contribution in [3.8, 4) is 0 Å². The lowest BCUT2D eigenvalue weighted by molar-refractivity contribution is -0.459. The summed E-state index contributed by atoms with van der Waals surface area (Å²) in [4.78, 5) is 0. The van der Waals surface area contributed by atoms with Gasteiger partial charge in [-0.3, -0.25) is 0 Å². The number of unbranched alkanes of at least 4 members (excludes halogenated alkanes) is 1. The maximum absolute atomic E-state index is 10.8. The van der Waals surface area contributed by atoms with Gasteiger partial charge in [0, 0.05) is 20.3 Å². The molecular weight excluding hydrogens is 114 g/mol. The lowest BCUT2D eigenvalue weighted by Gasteiger charge is -2.03. The summed E-state index contributed by atoms with van der Waals surface area (Å²) >= 11 is 0. The van der Waals surface area contributed by atoms with Crippen LogP contribution in [0.3, 0.4) is 0 Å². The van der Waals surface area contributed by atoms with Crippen LogP contribution in [0.1, 0.15) is 33.6 Å². The lowest BCUT2D eigenvalue weighted by Crippen LogP contribution is -2.10. The van der Waals surface area contributed by atoms with Crippen molar-refractivity contribution >= 4 is 5.71 Å². The van der Waals surface area contributed by atoms with Crippen LogP contribution in [0.4, 0.5) is 0 Å². The summed E-state index contributed by atoms with van der Waals surface area (Å²) in [5, 5.41) is 10.8. The predicted molar refractivity (Wildman–Crippen MR) is 39.8 cm³/mol. The first kappa shape index (κ1) is 8.47. The van der Waals surface area contributed by atoms with E-state index in [1.54, 1.807) is 0 Å². The molecule has 0 amide bonds. The Morgan fingerprint density at radius 3 is 2.33 bits per heavy atom. The molecule has 54 valence electrons. The molecule has 2 heteroatoms. The van der Waals surface area contributed by atoms with E-state index < -0.39 is 0 Å². The van der Waals surface area contributed by atoms with Crippen molar-refractivity contribution in [2.24, 2.45) is 0 Å². The first-order valence-electron chi connectivity index (χ1n) is 3.43. The van der Waals surface area contributed by atoms with Crippen molar-refractivity contribution in [1.82, 2.24) is 0 Å². The highest BCUT2D eigenvalue weighted by molar-refractivity contribution is 5.73. The summed E-state index contributed by atoms with van der Waals surface area (Å²) in [6.45, 7) is 6.41. The van der Waals surface area contributed by atoms with Crippen molar-refractivity contribution in [1.29, 1.82) is 0 Å². The van der Waals surface area contributed by atoms with Gasteiger partial charge in [0.15, 0.2) is 12.3 Å². The van der Waals surface area contributed by atoms with E-state index >= 15 is 0 Å². The summed E-state index contributed by atoms with van der Waals surface area (Å²) < 4.78 is 1.05. The first-order chi connectivity index (χ1) is 4.18. The zero-order valence-electron chi connectivity index (χ0n) is 6.48. The van der Waals surface area contributed by atoms with Crippen molar-refractivity contribution in [2.45, 2.75) is 33.6 Å². The Kier molecular flexibility index (Phi) is 4.10. The summed E-state index contributed by atoms with van der Waals surface area (Å²) in [5.74, 6) is 0. The molecule has 0 atom stereocenters. The van der Waals surface area contributed by atoms with Gasteiger partial charge in [-0.1, -0.05) is 13.3 Å². The Morgan fingerprint density at radius 1 is 1.44 bits per heavy atom. The molecule has 0 aromatic rings. The van der Waals surface area contributed by atoms with Crippen molar-refractivity contribution in [2.75, 3.05) is 6.54 Å². The van der Waals surface area contributed by atoms with Gasteiger partial charge < -0.3 is 5.21 Å². The quantitative estimate of drug-likeness (QED) is 0.247. The van der Waals surface area contributed by atoms with Crippen LogP contribution in [0.15, 0.2) is 0 Å². The fourth-order valence-electron chi connectivity index (χ4n) is 0.525. The van der Waals surface area contributed by atoms with Gasteiger partial charge >= 0.3 is 0 Å². The number of nitrogens with zero attached hydrogens (tertiary/aromatic N) is 1. The molecule has 0 unspecified atom stereocenters. The Balaban J connectivity index is 3.50. The van der Waals surface area contributed by atoms with Crippen LogP contribution in [0, 0.1) is 5.21 Å². The van der Waals surface area contributed by atoms with Crippen molar-refractivity contribution < 1.29 is 4.74 Å². The van der Waals surface area contributed by atoms with Crippen LogP contribution in [0.5, 0.6) is 0 Å². The molecule has 0 fully saturated rings. The van der Waals surface area contributed by atoms with E-state index in [-0.39, 0.29) is 0 Å². The molecule has 0 aliphatic rings. The van der Waals surface area contributed by atoms with Gasteiger partial charge in [0.2, 0.25) is 0 Å². The zero-order chi connectivity index (χ0) is 7.28. The molecule has 0 saturated carbocycles. The average Bonchev–Trinajstić information content (AvgIpc) is 1.82. The van der Waals surface area contributed by atoms with Crippen LogP contribution in [0.25, 0.3) is 0 Å². The SMILES string of the molecule is CCCC[N+]([O-])=C(C)C. The third kappa shape index (κ3) is 4.01. The molecule has 0 heterocycles. The van der Waals surface area contributed by atoms with Crippen molar-refractivity contribution in [3.63, 3.8) is 0 Å². The standard InChI is InChI=1S/C7H15NO/c1-4-5-6-8(9)7(2)3/h4-6H2,1-3H3. The monoisotopic (exact) mass is 129 g/mol. The van der Waals surface area contributed by atoms with Gasteiger partial charge in [-0.25, -0.2) is 4.74 Å². The molecule has 0 aliphatic carbocycles. The highest BCUT2D eigenvalue weighted by Gasteiger charge is 1.93. The average molecular weight is 129 g/mol. The molecule has 0 N–H and O–H groups in total. The van der Waals surface area contributed by atoms with Crippen LogP contribution < -0.4 is 0 Å². The molecule has 2 nitrogen and oxygen atoms in total. The minimum Gasteiger partial charge on any atom is -0.624 e. The smallest absolute Gasteiger partial charge is 0.157 e.